The van der Waals surface area contributed by atoms with Crippen LogP contribution in [0, 0.1) is 6.92 Å². The highest BCUT2D eigenvalue weighted by atomic mass is 35.5. The van der Waals surface area contributed by atoms with Gasteiger partial charge in [0.15, 0.2) is 11.5 Å². The molecule has 0 saturated carbocycles. The summed E-state index contributed by atoms with van der Waals surface area (Å²) in [6.07, 6.45) is 0.912. The minimum Gasteiger partial charge on any atom is -0.493 e. The molecule has 11 heteroatoms. The predicted octanol–water partition coefficient (Wildman–Crippen LogP) is 6.42. The summed E-state index contributed by atoms with van der Waals surface area (Å²) in [5.74, 6) is -0.308. The molecule has 0 aromatic heterocycles. The molecule has 0 aliphatic heterocycles. The standard InChI is InChI=1S/C37H42ClN3O6S/c1-6-27(3)39-37(43)33(22-28-10-8-7-9-11-28)40(24-29-14-16-30(38)17-15-29)36(42)25-41(31-18-12-26(2)13-19-31)48(44,45)32-20-21-34(46-4)35(23-32)47-5/h7-21,23,27,33H,6,22,24-25H2,1-5H3,(H,39,43)/t27-,33-/m1/s1. The van der Waals surface area contributed by atoms with Crippen molar-refractivity contribution in [2.24, 2.45) is 0 Å². The molecule has 0 aliphatic rings. The van der Waals surface area contributed by atoms with Crippen LogP contribution in [0.1, 0.15) is 37.0 Å². The second kappa shape index (κ2) is 16.5. The Morgan fingerprint density at radius 3 is 2.10 bits per heavy atom. The number of methoxy groups -OCH3 is 2. The van der Waals surface area contributed by atoms with Crippen LogP contribution in [-0.2, 0) is 32.6 Å². The van der Waals surface area contributed by atoms with Crippen molar-refractivity contribution in [3.8, 4) is 11.5 Å². The summed E-state index contributed by atoms with van der Waals surface area (Å²) in [4.78, 5) is 30.0. The van der Waals surface area contributed by atoms with Crippen LogP contribution in [0.15, 0.2) is 102 Å². The SMILES string of the molecule is CC[C@@H](C)NC(=O)[C@@H](Cc1ccccc1)N(Cc1ccc(Cl)cc1)C(=O)CN(c1ccc(C)cc1)S(=O)(=O)c1ccc(OC)c(OC)c1. The minimum atomic E-state index is -4.33. The van der Waals surface area contributed by atoms with Crippen LogP contribution < -0.4 is 19.1 Å². The summed E-state index contributed by atoms with van der Waals surface area (Å²) in [6, 6.07) is 26.5. The lowest BCUT2D eigenvalue weighted by Gasteiger charge is -2.34. The predicted molar refractivity (Wildman–Crippen MR) is 189 cm³/mol. The van der Waals surface area contributed by atoms with E-state index < -0.39 is 28.5 Å². The van der Waals surface area contributed by atoms with Crippen molar-refractivity contribution in [3.05, 3.63) is 119 Å². The number of carbonyl (C=O) groups is 2. The molecule has 0 heterocycles. The lowest BCUT2D eigenvalue weighted by molar-refractivity contribution is -0.140. The topological polar surface area (TPSA) is 105 Å². The molecule has 254 valence electrons. The van der Waals surface area contributed by atoms with E-state index in [1.165, 1.54) is 37.3 Å². The molecule has 0 spiro atoms. The highest BCUT2D eigenvalue weighted by Gasteiger charge is 2.35. The van der Waals surface area contributed by atoms with E-state index in [1.54, 1.807) is 48.5 Å². The second-order valence-electron chi connectivity index (χ2n) is 11.5. The van der Waals surface area contributed by atoms with Gasteiger partial charge in [-0.05, 0) is 67.8 Å². The molecular weight excluding hydrogens is 650 g/mol. The summed E-state index contributed by atoms with van der Waals surface area (Å²) < 4.78 is 40.5. The number of hydrogen-bond donors (Lipinski definition) is 1. The van der Waals surface area contributed by atoms with E-state index in [4.69, 9.17) is 21.1 Å². The molecule has 9 nitrogen and oxygen atoms in total. The van der Waals surface area contributed by atoms with Gasteiger partial charge in [-0.1, -0.05) is 78.7 Å². The van der Waals surface area contributed by atoms with Crippen LogP contribution in [0.2, 0.25) is 5.02 Å². The zero-order valence-corrected chi connectivity index (χ0v) is 29.4. The van der Waals surface area contributed by atoms with E-state index in [0.717, 1.165) is 21.0 Å². The monoisotopic (exact) mass is 691 g/mol. The average molecular weight is 692 g/mol. The quantitative estimate of drug-likeness (QED) is 0.154. The maximum absolute atomic E-state index is 14.6. The van der Waals surface area contributed by atoms with Gasteiger partial charge in [0.1, 0.15) is 12.6 Å². The van der Waals surface area contributed by atoms with Crippen LogP contribution in [0.5, 0.6) is 11.5 Å². The van der Waals surface area contributed by atoms with Crippen LogP contribution in [0.3, 0.4) is 0 Å². The molecule has 1 N–H and O–H groups in total. The zero-order valence-electron chi connectivity index (χ0n) is 27.9. The van der Waals surface area contributed by atoms with E-state index in [-0.39, 0.29) is 35.6 Å². The number of aryl methyl sites for hydroxylation is 1. The number of sulfonamides is 1. The minimum absolute atomic E-state index is 0.0412. The van der Waals surface area contributed by atoms with Crippen molar-refractivity contribution in [1.29, 1.82) is 0 Å². The van der Waals surface area contributed by atoms with Gasteiger partial charge in [-0.2, -0.15) is 0 Å². The van der Waals surface area contributed by atoms with Crippen molar-refractivity contribution in [2.75, 3.05) is 25.1 Å². The molecule has 48 heavy (non-hydrogen) atoms. The molecule has 0 fully saturated rings. The summed E-state index contributed by atoms with van der Waals surface area (Å²) in [7, 11) is -1.45. The first kappa shape index (κ1) is 36.3. The van der Waals surface area contributed by atoms with E-state index in [2.05, 4.69) is 5.32 Å². The Labute approximate surface area is 288 Å². The van der Waals surface area contributed by atoms with Gasteiger partial charge in [0.05, 0.1) is 24.8 Å². The van der Waals surface area contributed by atoms with Gasteiger partial charge in [0.25, 0.3) is 10.0 Å². The van der Waals surface area contributed by atoms with Crippen LogP contribution in [-0.4, -0.2) is 58.0 Å². The fourth-order valence-electron chi connectivity index (χ4n) is 5.13. The maximum atomic E-state index is 14.6. The van der Waals surface area contributed by atoms with Gasteiger partial charge in [-0.3, -0.25) is 13.9 Å². The van der Waals surface area contributed by atoms with Crippen LogP contribution in [0.4, 0.5) is 5.69 Å². The number of carbonyl (C=O) groups excluding carboxylic acids is 2. The highest BCUT2D eigenvalue weighted by molar-refractivity contribution is 7.92. The molecule has 2 amide bonds. The number of nitrogens with zero attached hydrogens (tertiary/aromatic N) is 2. The van der Waals surface area contributed by atoms with Gasteiger partial charge in [-0.25, -0.2) is 8.42 Å². The lowest BCUT2D eigenvalue weighted by Crippen LogP contribution is -2.54. The molecule has 4 aromatic rings. The number of ether oxygens (including phenoxy) is 2. The first-order chi connectivity index (χ1) is 23.0. The summed E-state index contributed by atoms with van der Waals surface area (Å²) in [6.45, 7) is 5.22. The number of anilines is 1. The van der Waals surface area contributed by atoms with Crippen LogP contribution in [0.25, 0.3) is 0 Å². The number of benzene rings is 4. The normalized spacial score (nSPS) is 12.5. The smallest absolute Gasteiger partial charge is 0.264 e. The highest BCUT2D eigenvalue weighted by Crippen LogP contribution is 2.32. The largest absolute Gasteiger partial charge is 0.493 e. The van der Waals surface area contributed by atoms with Gasteiger partial charge >= 0.3 is 0 Å². The Hall–Kier alpha value is -4.54. The Morgan fingerprint density at radius 1 is 0.854 bits per heavy atom. The van der Waals surface area contributed by atoms with E-state index in [0.29, 0.717) is 22.9 Å². The maximum Gasteiger partial charge on any atom is 0.264 e. The molecule has 4 rings (SSSR count). The van der Waals surface area contributed by atoms with Crippen molar-refractivity contribution in [3.63, 3.8) is 0 Å². The Kier molecular flexibility index (Phi) is 12.5. The Bertz CT molecular complexity index is 1780. The van der Waals surface area contributed by atoms with Crippen molar-refractivity contribution >= 4 is 39.1 Å². The molecule has 2 atom stereocenters. The third-order valence-electron chi connectivity index (χ3n) is 8.08. The molecule has 0 aliphatic carbocycles. The number of hydrogen-bond acceptors (Lipinski definition) is 6. The molecule has 0 bridgehead atoms. The first-order valence-electron chi connectivity index (χ1n) is 15.7. The van der Waals surface area contributed by atoms with Gasteiger partial charge < -0.3 is 19.7 Å². The summed E-state index contributed by atoms with van der Waals surface area (Å²) in [5, 5.41) is 3.57. The number of rotatable bonds is 15. The number of nitrogens with one attached hydrogen (secondary N) is 1. The fourth-order valence-corrected chi connectivity index (χ4v) is 6.68. The first-order valence-corrected chi connectivity index (χ1v) is 17.5. The Balaban J connectivity index is 1.82. The molecule has 0 unspecified atom stereocenters. The van der Waals surface area contributed by atoms with E-state index in [1.807, 2.05) is 51.1 Å². The van der Waals surface area contributed by atoms with E-state index in [9.17, 15) is 18.0 Å². The van der Waals surface area contributed by atoms with Crippen molar-refractivity contribution in [2.45, 2.75) is 57.1 Å². The molecule has 0 radical (unpaired) electrons. The molecule has 4 aromatic carbocycles. The molecular formula is C37H42ClN3O6S. The second-order valence-corrected chi connectivity index (χ2v) is 13.8. The summed E-state index contributed by atoms with van der Waals surface area (Å²) in [5.41, 5.74) is 2.79. The summed E-state index contributed by atoms with van der Waals surface area (Å²) >= 11 is 6.17. The van der Waals surface area contributed by atoms with Crippen molar-refractivity contribution < 1.29 is 27.5 Å². The van der Waals surface area contributed by atoms with Crippen molar-refractivity contribution in [1.82, 2.24) is 10.2 Å². The van der Waals surface area contributed by atoms with Gasteiger partial charge in [0.2, 0.25) is 11.8 Å². The third-order valence-corrected chi connectivity index (χ3v) is 10.1. The van der Waals surface area contributed by atoms with E-state index >= 15 is 0 Å². The van der Waals surface area contributed by atoms with Crippen LogP contribution >= 0.6 is 11.6 Å². The average Bonchev–Trinajstić information content (AvgIpc) is 3.09. The fraction of sp³-hybridized carbons (Fsp3) is 0.297. The lowest BCUT2D eigenvalue weighted by atomic mass is 10.0. The molecule has 0 saturated heterocycles. The zero-order chi connectivity index (χ0) is 34.8. The Morgan fingerprint density at radius 2 is 1.50 bits per heavy atom. The third kappa shape index (κ3) is 9.08. The number of halogens is 1. The number of amides is 2. The van der Waals surface area contributed by atoms with Gasteiger partial charge in [0, 0.05) is 30.1 Å². The van der Waals surface area contributed by atoms with Gasteiger partial charge in [-0.15, -0.1) is 0 Å².